The minimum absolute atomic E-state index is 0.505. The molecule has 0 N–H and O–H groups in total. The summed E-state index contributed by atoms with van der Waals surface area (Å²) in [4.78, 5) is 22.5. The Hall–Kier alpha value is -1.59. The molecule has 0 unspecified atom stereocenters. The molecule has 3 rings (SSSR count). The summed E-state index contributed by atoms with van der Waals surface area (Å²) >= 11 is 3.30. The van der Waals surface area contributed by atoms with E-state index in [-0.39, 0.29) is 0 Å². The first-order valence-corrected chi connectivity index (χ1v) is 5.50. The van der Waals surface area contributed by atoms with E-state index >= 15 is 0 Å². The van der Waals surface area contributed by atoms with E-state index in [0.29, 0.717) is 11.6 Å². The van der Waals surface area contributed by atoms with E-state index in [9.17, 15) is 4.79 Å². The summed E-state index contributed by atoms with van der Waals surface area (Å²) in [7, 11) is 0. The van der Waals surface area contributed by atoms with Crippen LogP contribution < -0.4 is 0 Å². The summed E-state index contributed by atoms with van der Waals surface area (Å²) in [6, 6.07) is 0. The minimum atomic E-state index is -0.540. The third-order valence-electron chi connectivity index (χ3n) is 2.56. The lowest BCUT2D eigenvalue weighted by atomic mass is 10.3. The fourth-order valence-corrected chi connectivity index (χ4v) is 1.84. The molecule has 0 radical (unpaired) electrons. The summed E-state index contributed by atoms with van der Waals surface area (Å²) in [6.45, 7) is 0. The highest BCUT2D eigenvalue weighted by atomic mass is 79.9. The second-order valence-corrected chi connectivity index (χ2v) is 4.60. The fraction of sp³-hybridized carbons (Fsp3) is 0.333. The van der Waals surface area contributed by atoms with E-state index in [2.05, 4.69) is 36.0 Å². The molecule has 0 amide bonds. The Morgan fingerprint density at radius 3 is 3.06 bits per heavy atom. The van der Waals surface area contributed by atoms with Crippen LogP contribution in [-0.4, -0.2) is 25.7 Å². The van der Waals surface area contributed by atoms with Crippen molar-refractivity contribution in [2.24, 2.45) is 4.99 Å². The van der Waals surface area contributed by atoms with Crippen molar-refractivity contribution in [2.45, 2.75) is 18.4 Å². The third kappa shape index (κ3) is 1.36. The number of isocyanates is 1. The summed E-state index contributed by atoms with van der Waals surface area (Å²) in [5, 5.41) is 4.27. The van der Waals surface area contributed by atoms with E-state index < -0.39 is 5.54 Å². The highest BCUT2D eigenvalue weighted by Gasteiger charge is 2.48. The van der Waals surface area contributed by atoms with E-state index in [0.717, 1.165) is 17.3 Å². The molecule has 0 aromatic carbocycles. The second kappa shape index (κ2) is 3.20. The first-order valence-electron chi connectivity index (χ1n) is 4.71. The first-order chi connectivity index (χ1) is 7.73. The minimum Gasteiger partial charge on any atom is -0.218 e. The van der Waals surface area contributed by atoms with Gasteiger partial charge in [-0.25, -0.2) is 14.3 Å². The van der Waals surface area contributed by atoms with Crippen LogP contribution in [0.2, 0.25) is 0 Å². The number of aromatic nitrogens is 4. The largest absolute Gasteiger partial charge is 0.252 e. The van der Waals surface area contributed by atoms with Crippen molar-refractivity contribution in [2.75, 3.05) is 0 Å². The van der Waals surface area contributed by atoms with Crippen molar-refractivity contribution in [1.82, 2.24) is 19.6 Å². The monoisotopic (exact) mass is 279 g/mol. The summed E-state index contributed by atoms with van der Waals surface area (Å²) in [5.41, 5.74) is -0.540. The van der Waals surface area contributed by atoms with Crippen LogP contribution in [0.4, 0.5) is 0 Å². The third-order valence-corrected chi connectivity index (χ3v) is 2.97. The van der Waals surface area contributed by atoms with E-state index in [1.807, 2.05) is 0 Å². The molecule has 0 spiro atoms. The second-order valence-electron chi connectivity index (χ2n) is 3.69. The molecule has 2 aromatic heterocycles. The number of nitrogens with zero attached hydrogens (tertiary/aromatic N) is 5. The average Bonchev–Trinajstić information content (AvgIpc) is 2.91. The molecule has 0 atom stereocenters. The Labute approximate surface area is 98.6 Å². The van der Waals surface area contributed by atoms with E-state index in [1.165, 1.54) is 0 Å². The summed E-state index contributed by atoms with van der Waals surface area (Å²) in [6.07, 6.45) is 6.58. The average molecular weight is 280 g/mol. The van der Waals surface area contributed by atoms with Gasteiger partial charge in [-0.3, -0.25) is 0 Å². The number of aliphatic imine (C=N–C) groups is 1. The molecule has 1 fully saturated rings. The van der Waals surface area contributed by atoms with Gasteiger partial charge in [0.2, 0.25) is 6.08 Å². The topological polar surface area (TPSA) is 72.5 Å². The molecule has 0 saturated heterocycles. The van der Waals surface area contributed by atoms with Gasteiger partial charge >= 0.3 is 0 Å². The molecular formula is C9H6BrN5O. The van der Waals surface area contributed by atoms with E-state index in [1.54, 1.807) is 23.0 Å². The van der Waals surface area contributed by atoms with Crippen LogP contribution in [0.25, 0.3) is 5.78 Å². The molecule has 6 nitrogen and oxygen atoms in total. The zero-order chi connectivity index (χ0) is 11.2. The van der Waals surface area contributed by atoms with Crippen LogP contribution in [0.15, 0.2) is 21.9 Å². The number of hydrogen-bond donors (Lipinski definition) is 0. The Bertz CT molecular complexity index is 611. The molecule has 80 valence electrons. The van der Waals surface area contributed by atoms with Crippen LogP contribution >= 0.6 is 15.9 Å². The van der Waals surface area contributed by atoms with E-state index in [4.69, 9.17) is 0 Å². The number of hydrogen-bond acceptors (Lipinski definition) is 5. The fourth-order valence-electron chi connectivity index (χ4n) is 1.55. The zero-order valence-corrected chi connectivity index (χ0v) is 9.68. The van der Waals surface area contributed by atoms with Gasteiger partial charge in [0.25, 0.3) is 5.78 Å². The Kier molecular flexibility index (Phi) is 1.92. The number of fused-ring (bicyclic) bond motifs is 1. The van der Waals surface area contributed by atoms with Gasteiger partial charge in [0.15, 0.2) is 5.82 Å². The maximum atomic E-state index is 10.3. The van der Waals surface area contributed by atoms with Crippen molar-refractivity contribution in [3.8, 4) is 0 Å². The molecule has 0 bridgehead atoms. The van der Waals surface area contributed by atoms with Gasteiger partial charge in [-0.15, -0.1) is 5.10 Å². The van der Waals surface area contributed by atoms with Crippen molar-refractivity contribution < 1.29 is 4.79 Å². The Balaban J connectivity index is 2.15. The van der Waals surface area contributed by atoms with Crippen LogP contribution in [0.5, 0.6) is 0 Å². The zero-order valence-electron chi connectivity index (χ0n) is 8.09. The number of halogens is 1. The molecule has 16 heavy (non-hydrogen) atoms. The standard InChI is InChI=1S/C9H6BrN5O/c10-6-3-11-8-13-7(14-15(8)4-6)9(1-2-9)12-5-16/h3-4H,1-2H2. The van der Waals surface area contributed by atoms with Gasteiger partial charge in [-0.1, -0.05) is 0 Å². The summed E-state index contributed by atoms with van der Waals surface area (Å²) < 4.78 is 2.39. The van der Waals surface area contributed by atoms with Crippen molar-refractivity contribution in [1.29, 1.82) is 0 Å². The lowest BCUT2D eigenvalue weighted by Crippen LogP contribution is -2.05. The highest BCUT2D eigenvalue weighted by Crippen LogP contribution is 2.47. The van der Waals surface area contributed by atoms with Gasteiger partial charge < -0.3 is 0 Å². The molecule has 1 aliphatic carbocycles. The van der Waals surface area contributed by atoms with Crippen LogP contribution in [0.3, 0.4) is 0 Å². The molecule has 1 saturated carbocycles. The molecule has 1 aliphatic rings. The molecule has 2 aromatic rings. The highest BCUT2D eigenvalue weighted by molar-refractivity contribution is 9.10. The Morgan fingerprint density at radius 2 is 2.38 bits per heavy atom. The maximum Gasteiger partial charge on any atom is 0.252 e. The number of carbonyl (C=O) groups excluding carboxylic acids is 1. The van der Waals surface area contributed by atoms with Crippen LogP contribution in [-0.2, 0) is 10.3 Å². The lowest BCUT2D eigenvalue weighted by Gasteiger charge is -1.98. The van der Waals surface area contributed by atoms with Gasteiger partial charge in [-0.05, 0) is 28.8 Å². The van der Waals surface area contributed by atoms with Crippen LogP contribution in [0.1, 0.15) is 18.7 Å². The normalized spacial score (nSPS) is 17.1. The molecule has 2 heterocycles. The van der Waals surface area contributed by atoms with Crippen molar-refractivity contribution >= 4 is 27.8 Å². The SMILES string of the molecule is O=C=NC1(c2nc3ncc(Br)cn3n2)CC1. The smallest absolute Gasteiger partial charge is 0.218 e. The number of rotatable bonds is 2. The summed E-state index contributed by atoms with van der Waals surface area (Å²) in [5.74, 6) is 1.05. The molecule has 7 heteroatoms. The first kappa shape index (κ1) is 9.62. The predicted molar refractivity (Wildman–Crippen MR) is 57.5 cm³/mol. The lowest BCUT2D eigenvalue weighted by molar-refractivity contribution is 0.553. The molecule has 0 aliphatic heterocycles. The van der Waals surface area contributed by atoms with Gasteiger partial charge in [-0.2, -0.15) is 9.98 Å². The van der Waals surface area contributed by atoms with Gasteiger partial charge in [0, 0.05) is 12.4 Å². The molecular weight excluding hydrogens is 274 g/mol. The van der Waals surface area contributed by atoms with Gasteiger partial charge in [0.1, 0.15) is 5.54 Å². The maximum absolute atomic E-state index is 10.3. The predicted octanol–water partition coefficient (Wildman–Crippen LogP) is 1.21. The van der Waals surface area contributed by atoms with Crippen molar-refractivity contribution in [3.63, 3.8) is 0 Å². The van der Waals surface area contributed by atoms with Gasteiger partial charge in [0.05, 0.1) is 4.47 Å². The van der Waals surface area contributed by atoms with Crippen molar-refractivity contribution in [3.05, 3.63) is 22.7 Å². The van der Waals surface area contributed by atoms with Crippen LogP contribution in [0, 0.1) is 0 Å². The quantitative estimate of drug-likeness (QED) is 0.612. The Morgan fingerprint density at radius 1 is 1.56 bits per heavy atom.